The second-order valence-electron chi connectivity index (χ2n) is 6.05. The molecular weight excluding hydrogens is 305 g/mol. The van der Waals surface area contributed by atoms with Crippen molar-refractivity contribution in [1.29, 1.82) is 0 Å². The minimum Gasteiger partial charge on any atom is -0.367 e. The Balaban J connectivity index is 1.55. The number of anilines is 1. The van der Waals surface area contributed by atoms with Crippen molar-refractivity contribution in [1.82, 2.24) is 10.2 Å². The van der Waals surface area contributed by atoms with Crippen molar-refractivity contribution < 1.29 is 0 Å². The number of nitrogens with one attached hydrogen (secondary N) is 1. The van der Waals surface area contributed by atoms with Gasteiger partial charge in [-0.05, 0) is 44.0 Å². The summed E-state index contributed by atoms with van der Waals surface area (Å²) < 4.78 is 0. The maximum absolute atomic E-state index is 6.31. The van der Waals surface area contributed by atoms with Crippen molar-refractivity contribution >= 4 is 28.9 Å². The Bertz CT molecular complexity index is 446. The highest BCUT2D eigenvalue weighted by Gasteiger charge is 2.23. The molecular formula is C16H23Cl2N3. The molecule has 0 bridgehead atoms. The number of piperazine rings is 1. The van der Waals surface area contributed by atoms with E-state index in [-0.39, 0.29) is 0 Å². The second-order valence-corrected chi connectivity index (χ2v) is 6.87. The molecule has 2 fully saturated rings. The van der Waals surface area contributed by atoms with Crippen molar-refractivity contribution in [2.45, 2.75) is 12.8 Å². The molecule has 5 heteroatoms. The van der Waals surface area contributed by atoms with Gasteiger partial charge in [-0.15, -0.1) is 0 Å². The molecule has 2 aliphatic heterocycles. The average Bonchev–Trinajstić information content (AvgIpc) is 2.50. The molecule has 0 saturated carbocycles. The van der Waals surface area contributed by atoms with E-state index < -0.39 is 0 Å². The van der Waals surface area contributed by atoms with Crippen LogP contribution < -0.4 is 10.2 Å². The van der Waals surface area contributed by atoms with Crippen LogP contribution in [0.3, 0.4) is 0 Å². The van der Waals surface area contributed by atoms with Gasteiger partial charge in [-0.25, -0.2) is 0 Å². The summed E-state index contributed by atoms with van der Waals surface area (Å²) in [6.45, 7) is 7.82. The molecule has 3 nitrogen and oxygen atoms in total. The highest BCUT2D eigenvalue weighted by molar-refractivity contribution is 6.39. The minimum atomic E-state index is 0.759. The zero-order valence-electron chi connectivity index (χ0n) is 12.3. The van der Waals surface area contributed by atoms with E-state index in [9.17, 15) is 0 Å². The zero-order chi connectivity index (χ0) is 14.7. The molecule has 0 amide bonds. The van der Waals surface area contributed by atoms with Gasteiger partial charge in [0.25, 0.3) is 0 Å². The van der Waals surface area contributed by atoms with Gasteiger partial charge in [0, 0.05) is 32.7 Å². The van der Waals surface area contributed by atoms with Crippen molar-refractivity contribution in [3.8, 4) is 0 Å². The third-order valence-corrected chi connectivity index (χ3v) is 5.21. The quantitative estimate of drug-likeness (QED) is 0.920. The van der Waals surface area contributed by atoms with Crippen LogP contribution in [-0.4, -0.2) is 50.7 Å². The van der Waals surface area contributed by atoms with Crippen LogP contribution in [0, 0.1) is 5.92 Å². The first kappa shape index (κ1) is 15.4. The number of para-hydroxylation sites is 1. The fourth-order valence-electron chi connectivity index (χ4n) is 3.37. The number of nitrogens with zero attached hydrogens (tertiary/aromatic N) is 2. The first-order valence-corrected chi connectivity index (χ1v) is 8.61. The monoisotopic (exact) mass is 327 g/mol. The number of halogens is 2. The Hall–Kier alpha value is -0.480. The lowest BCUT2D eigenvalue weighted by Gasteiger charge is -2.38. The minimum absolute atomic E-state index is 0.759. The van der Waals surface area contributed by atoms with Crippen LogP contribution in [0.1, 0.15) is 12.8 Å². The van der Waals surface area contributed by atoms with Crippen LogP contribution in [-0.2, 0) is 0 Å². The summed E-state index contributed by atoms with van der Waals surface area (Å²) in [5.74, 6) is 0.863. The number of piperidine rings is 1. The Kier molecular flexibility index (Phi) is 5.28. The fourth-order valence-corrected chi connectivity index (χ4v) is 4.01. The summed E-state index contributed by atoms with van der Waals surface area (Å²) >= 11 is 12.6. The molecule has 1 N–H and O–H groups in total. The SMILES string of the molecule is Clc1cccc(Cl)c1N1CCN(CC2CCNCC2)CC1. The second kappa shape index (κ2) is 7.19. The van der Waals surface area contributed by atoms with Crippen LogP contribution >= 0.6 is 23.2 Å². The molecule has 116 valence electrons. The number of rotatable bonds is 3. The normalized spacial score (nSPS) is 21.7. The van der Waals surface area contributed by atoms with E-state index in [2.05, 4.69) is 15.1 Å². The van der Waals surface area contributed by atoms with Crippen molar-refractivity contribution in [2.24, 2.45) is 5.92 Å². The van der Waals surface area contributed by atoms with Crippen LogP contribution in [0.15, 0.2) is 18.2 Å². The van der Waals surface area contributed by atoms with Crippen LogP contribution in [0.2, 0.25) is 10.0 Å². The van der Waals surface area contributed by atoms with Crippen LogP contribution in [0.5, 0.6) is 0 Å². The molecule has 2 aliphatic rings. The molecule has 0 radical (unpaired) electrons. The van der Waals surface area contributed by atoms with Crippen molar-refractivity contribution in [3.05, 3.63) is 28.2 Å². The third-order valence-electron chi connectivity index (χ3n) is 4.60. The molecule has 3 rings (SSSR count). The molecule has 0 aliphatic carbocycles. The summed E-state index contributed by atoms with van der Waals surface area (Å²) in [7, 11) is 0. The Morgan fingerprint density at radius 2 is 1.62 bits per heavy atom. The van der Waals surface area contributed by atoms with Gasteiger partial charge in [0.1, 0.15) is 0 Å². The highest BCUT2D eigenvalue weighted by Crippen LogP contribution is 2.34. The topological polar surface area (TPSA) is 18.5 Å². The number of benzene rings is 1. The standard InChI is InChI=1S/C16H23Cl2N3/c17-14-2-1-3-15(18)16(14)21-10-8-20(9-11-21)12-13-4-6-19-7-5-13/h1-3,13,19H,4-12H2. The fraction of sp³-hybridized carbons (Fsp3) is 0.625. The molecule has 1 aromatic carbocycles. The van der Waals surface area contributed by atoms with E-state index in [0.29, 0.717) is 0 Å². The summed E-state index contributed by atoms with van der Waals surface area (Å²) in [4.78, 5) is 4.92. The predicted octanol–water partition coefficient (Wildman–Crippen LogP) is 3.12. The highest BCUT2D eigenvalue weighted by atomic mass is 35.5. The maximum atomic E-state index is 6.31. The lowest BCUT2D eigenvalue weighted by atomic mass is 9.97. The van der Waals surface area contributed by atoms with Crippen LogP contribution in [0.25, 0.3) is 0 Å². The maximum Gasteiger partial charge on any atom is 0.0745 e. The smallest absolute Gasteiger partial charge is 0.0745 e. The van der Waals surface area contributed by atoms with E-state index >= 15 is 0 Å². The molecule has 0 atom stereocenters. The van der Waals surface area contributed by atoms with Gasteiger partial charge < -0.3 is 10.2 Å². The molecule has 0 aromatic heterocycles. The molecule has 0 spiro atoms. The van der Waals surface area contributed by atoms with Gasteiger partial charge in [-0.2, -0.15) is 0 Å². The molecule has 21 heavy (non-hydrogen) atoms. The van der Waals surface area contributed by atoms with E-state index in [4.69, 9.17) is 23.2 Å². The lowest BCUT2D eigenvalue weighted by Crippen LogP contribution is -2.48. The summed E-state index contributed by atoms with van der Waals surface area (Å²) in [5, 5.41) is 4.95. The average molecular weight is 328 g/mol. The van der Waals surface area contributed by atoms with Crippen molar-refractivity contribution in [2.75, 3.05) is 50.7 Å². The number of hydrogen-bond acceptors (Lipinski definition) is 3. The van der Waals surface area contributed by atoms with Crippen LogP contribution in [0.4, 0.5) is 5.69 Å². The summed E-state index contributed by atoms with van der Waals surface area (Å²) in [5.41, 5.74) is 1.00. The van der Waals surface area contributed by atoms with Gasteiger partial charge in [0.05, 0.1) is 15.7 Å². The largest absolute Gasteiger partial charge is 0.367 e. The van der Waals surface area contributed by atoms with Gasteiger partial charge in [0.15, 0.2) is 0 Å². The first-order chi connectivity index (χ1) is 10.2. The van der Waals surface area contributed by atoms with Gasteiger partial charge in [-0.3, -0.25) is 4.90 Å². The Morgan fingerprint density at radius 3 is 2.24 bits per heavy atom. The third kappa shape index (κ3) is 3.84. The van der Waals surface area contributed by atoms with E-state index in [1.807, 2.05) is 18.2 Å². The zero-order valence-corrected chi connectivity index (χ0v) is 13.8. The Labute approximate surface area is 137 Å². The molecule has 1 aromatic rings. The number of hydrogen-bond donors (Lipinski definition) is 1. The lowest BCUT2D eigenvalue weighted by molar-refractivity contribution is 0.196. The van der Waals surface area contributed by atoms with E-state index in [1.165, 1.54) is 32.5 Å². The van der Waals surface area contributed by atoms with Crippen molar-refractivity contribution in [3.63, 3.8) is 0 Å². The molecule has 2 saturated heterocycles. The summed E-state index contributed by atoms with van der Waals surface area (Å²) in [6.07, 6.45) is 2.63. The van der Waals surface area contributed by atoms with E-state index in [0.717, 1.165) is 47.8 Å². The Morgan fingerprint density at radius 1 is 1.00 bits per heavy atom. The van der Waals surface area contributed by atoms with E-state index in [1.54, 1.807) is 0 Å². The van der Waals surface area contributed by atoms with Gasteiger partial charge in [0.2, 0.25) is 0 Å². The van der Waals surface area contributed by atoms with Gasteiger partial charge >= 0.3 is 0 Å². The first-order valence-electron chi connectivity index (χ1n) is 7.86. The predicted molar refractivity (Wildman–Crippen MR) is 90.7 cm³/mol. The molecule has 2 heterocycles. The van der Waals surface area contributed by atoms with Gasteiger partial charge in [-0.1, -0.05) is 29.3 Å². The molecule has 0 unspecified atom stereocenters. The summed E-state index contributed by atoms with van der Waals surface area (Å²) in [6, 6.07) is 5.75.